The number of carbonyl (C=O) groups excluding carboxylic acids is 1. The molecule has 0 atom stereocenters. The molecule has 1 heterocycles. The minimum atomic E-state index is 0.0672. The molecule has 5 heteroatoms. The molecule has 0 bridgehead atoms. The van der Waals surface area contributed by atoms with E-state index in [1.54, 1.807) is 11.3 Å². The van der Waals surface area contributed by atoms with Crippen molar-refractivity contribution in [3.8, 4) is 0 Å². The van der Waals surface area contributed by atoms with E-state index in [1.807, 2.05) is 14.1 Å². The number of hydrogen-bond acceptors (Lipinski definition) is 4. The highest BCUT2D eigenvalue weighted by Crippen LogP contribution is 2.17. The Balaban J connectivity index is 2.37. The van der Waals surface area contributed by atoms with Crippen molar-refractivity contribution in [3.63, 3.8) is 0 Å². The lowest BCUT2D eigenvalue weighted by molar-refractivity contribution is -0.120. The van der Waals surface area contributed by atoms with Crippen molar-refractivity contribution in [2.24, 2.45) is 0 Å². The van der Waals surface area contributed by atoms with Gasteiger partial charge in [-0.1, -0.05) is 0 Å². The molecule has 3 nitrogen and oxygen atoms in total. The van der Waals surface area contributed by atoms with Crippen LogP contribution >= 0.6 is 24.0 Å². The molecule has 0 aliphatic rings. The van der Waals surface area contributed by atoms with Gasteiger partial charge in [-0.25, -0.2) is 0 Å². The topological polar surface area (TPSA) is 32.3 Å². The summed E-state index contributed by atoms with van der Waals surface area (Å²) in [6, 6.07) is 4.19. The third kappa shape index (κ3) is 5.01. The first kappa shape index (κ1) is 13.5. The second-order valence-corrected chi connectivity index (χ2v) is 5.56. The van der Waals surface area contributed by atoms with Crippen LogP contribution in [0.4, 0.5) is 0 Å². The van der Waals surface area contributed by atoms with E-state index in [0.29, 0.717) is 18.7 Å². The quantitative estimate of drug-likeness (QED) is 0.762. The fourth-order valence-corrected chi connectivity index (χ4v) is 2.57. The molecule has 0 saturated heterocycles. The standard InChI is InChI=1S/C11H18N2OS2/c1-13(2)8-10-4-3-9(16-10)7-12-11(14)5-6-15/h3-4,15H,5-8H2,1-2H3,(H,12,14). The molecule has 1 rings (SSSR count). The number of rotatable bonds is 6. The van der Waals surface area contributed by atoms with E-state index < -0.39 is 0 Å². The van der Waals surface area contributed by atoms with Crippen LogP contribution in [0.15, 0.2) is 12.1 Å². The van der Waals surface area contributed by atoms with Crippen LogP contribution in [0.1, 0.15) is 16.2 Å². The minimum absolute atomic E-state index is 0.0672. The highest BCUT2D eigenvalue weighted by Gasteiger charge is 2.03. The first-order valence-corrected chi connectivity index (χ1v) is 6.66. The van der Waals surface area contributed by atoms with Crippen LogP contribution < -0.4 is 5.32 Å². The summed E-state index contributed by atoms with van der Waals surface area (Å²) in [6.07, 6.45) is 0.485. The summed E-state index contributed by atoms with van der Waals surface area (Å²) in [5.41, 5.74) is 0. The summed E-state index contributed by atoms with van der Waals surface area (Å²) in [4.78, 5) is 15.9. The third-order valence-corrected chi connectivity index (χ3v) is 3.28. The van der Waals surface area contributed by atoms with Gasteiger partial charge in [-0.05, 0) is 32.0 Å². The Labute approximate surface area is 106 Å². The lowest BCUT2D eigenvalue weighted by atomic mass is 10.4. The van der Waals surface area contributed by atoms with Gasteiger partial charge in [0.05, 0.1) is 6.54 Å². The normalized spacial score (nSPS) is 10.8. The number of hydrogen-bond donors (Lipinski definition) is 2. The van der Waals surface area contributed by atoms with Crippen LogP contribution in [-0.2, 0) is 17.9 Å². The highest BCUT2D eigenvalue weighted by atomic mass is 32.1. The van der Waals surface area contributed by atoms with Crippen LogP contribution in [0.5, 0.6) is 0 Å². The van der Waals surface area contributed by atoms with Gasteiger partial charge < -0.3 is 10.2 Å². The maximum absolute atomic E-state index is 11.2. The Morgan fingerprint density at radius 1 is 1.44 bits per heavy atom. The summed E-state index contributed by atoms with van der Waals surface area (Å²) in [7, 11) is 4.10. The summed E-state index contributed by atoms with van der Waals surface area (Å²) < 4.78 is 0. The molecular weight excluding hydrogens is 240 g/mol. The fourth-order valence-electron chi connectivity index (χ4n) is 1.29. The number of nitrogens with zero attached hydrogens (tertiary/aromatic N) is 1. The zero-order valence-corrected chi connectivity index (χ0v) is 11.4. The van der Waals surface area contributed by atoms with E-state index in [9.17, 15) is 4.79 Å². The largest absolute Gasteiger partial charge is 0.351 e. The molecule has 0 saturated carbocycles. The van der Waals surface area contributed by atoms with Crippen molar-refractivity contribution in [2.45, 2.75) is 19.5 Å². The maximum Gasteiger partial charge on any atom is 0.221 e. The predicted octanol–water partition coefficient (Wildman–Crippen LogP) is 1.75. The SMILES string of the molecule is CN(C)Cc1ccc(CNC(=O)CCS)s1. The smallest absolute Gasteiger partial charge is 0.221 e. The molecule has 90 valence electrons. The zero-order chi connectivity index (χ0) is 12.0. The van der Waals surface area contributed by atoms with Crippen LogP contribution in [0, 0.1) is 0 Å². The highest BCUT2D eigenvalue weighted by molar-refractivity contribution is 7.80. The van der Waals surface area contributed by atoms with Crippen molar-refractivity contribution in [1.82, 2.24) is 10.2 Å². The maximum atomic E-state index is 11.2. The Morgan fingerprint density at radius 3 is 2.75 bits per heavy atom. The third-order valence-electron chi connectivity index (χ3n) is 1.99. The van der Waals surface area contributed by atoms with Gasteiger partial charge in [0.25, 0.3) is 0 Å². The van der Waals surface area contributed by atoms with Crippen LogP contribution in [0.3, 0.4) is 0 Å². The first-order chi connectivity index (χ1) is 7.61. The Hall–Kier alpha value is -0.520. The van der Waals surface area contributed by atoms with E-state index in [4.69, 9.17) is 0 Å². The fraction of sp³-hybridized carbons (Fsp3) is 0.545. The van der Waals surface area contributed by atoms with Gasteiger partial charge in [-0.15, -0.1) is 11.3 Å². The van der Waals surface area contributed by atoms with Gasteiger partial charge in [0.2, 0.25) is 5.91 Å². The average molecular weight is 258 g/mol. The molecule has 0 radical (unpaired) electrons. The monoisotopic (exact) mass is 258 g/mol. The molecule has 0 aliphatic carbocycles. The summed E-state index contributed by atoms with van der Waals surface area (Å²) >= 11 is 5.76. The Morgan fingerprint density at radius 2 is 2.12 bits per heavy atom. The van der Waals surface area contributed by atoms with Crippen molar-refractivity contribution in [2.75, 3.05) is 19.8 Å². The lowest BCUT2D eigenvalue weighted by Gasteiger charge is -2.06. The molecular formula is C11H18N2OS2. The predicted molar refractivity (Wildman–Crippen MR) is 72.0 cm³/mol. The van der Waals surface area contributed by atoms with Gasteiger partial charge >= 0.3 is 0 Å². The number of thiophene rings is 1. The second kappa shape index (κ2) is 6.93. The number of thiol groups is 1. The van der Waals surface area contributed by atoms with E-state index in [2.05, 4.69) is 35.0 Å². The summed E-state index contributed by atoms with van der Waals surface area (Å²) in [5.74, 6) is 0.667. The molecule has 1 aromatic rings. The van der Waals surface area contributed by atoms with Crippen molar-refractivity contribution < 1.29 is 4.79 Å². The number of carbonyl (C=O) groups is 1. The summed E-state index contributed by atoms with van der Waals surface area (Å²) in [6.45, 7) is 1.58. The molecule has 0 aromatic carbocycles. The van der Waals surface area contributed by atoms with Crippen LogP contribution in [0.2, 0.25) is 0 Å². The van der Waals surface area contributed by atoms with Gasteiger partial charge in [0.15, 0.2) is 0 Å². The van der Waals surface area contributed by atoms with Crippen LogP contribution in [-0.4, -0.2) is 30.7 Å². The minimum Gasteiger partial charge on any atom is -0.351 e. The molecule has 1 N–H and O–H groups in total. The molecule has 0 spiro atoms. The van der Waals surface area contributed by atoms with Gasteiger partial charge in [-0.2, -0.15) is 12.6 Å². The molecule has 1 amide bonds. The van der Waals surface area contributed by atoms with E-state index in [1.165, 1.54) is 9.75 Å². The van der Waals surface area contributed by atoms with Crippen LogP contribution in [0.25, 0.3) is 0 Å². The average Bonchev–Trinajstić information content (AvgIpc) is 2.62. The molecule has 16 heavy (non-hydrogen) atoms. The second-order valence-electron chi connectivity index (χ2n) is 3.86. The van der Waals surface area contributed by atoms with Crippen molar-refractivity contribution in [1.29, 1.82) is 0 Å². The number of nitrogens with one attached hydrogen (secondary N) is 1. The zero-order valence-electron chi connectivity index (χ0n) is 9.69. The molecule has 0 unspecified atom stereocenters. The lowest BCUT2D eigenvalue weighted by Crippen LogP contribution is -2.22. The molecule has 0 fully saturated rings. The Kier molecular flexibility index (Phi) is 5.87. The molecule has 1 aromatic heterocycles. The van der Waals surface area contributed by atoms with Crippen molar-refractivity contribution >= 4 is 29.9 Å². The van der Waals surface area contributed by atoms with E-state index in [-0.39, 0.29) is 5.91 Å². The van der Waals surface area contributed by atoms with Gasteiger partial charge in [0.1, 0.15) is 0 Å². The van der Waals surface area contributed by atoms with Gasteiger partial charge in [0, 0.05) is 22.7 Å². The Bertz CT molecular complexity index is 336. The summed E-state index contributed by atoms with van der Waals surface area (Å²) in [5, 5.41) is 2.88. The van der Waals surface area contributed by atoms with E-state index >= 15 is 0 Å². The van der Waals surface area contributed by atoms with E-state index in [0.717, 1.165) is 6.54 Å². The van der Waals surface area contributed by atoms with Gasteiger partial charge in [-0.3, -0.25) is 4.79 Å². The molecule has 0 aliphatic heterocycles. The first-order valence-electron chi connectivity index (χ1n) is 5.21. The van der Waals surface area contributed by atoms with Crippen molar-refractivity contribution in [3.05, 3.63) is 21.9 Å². The number of amides is 1.